The number of aromatic nitrogens is 1. The van der Waals surface area contributed by atoms with Crippen LogP contribution in [0.5, 0.6) is 5.75 Å². The van der Waals surface area contributed by atoms with Crippen LogP contribution < -0.4 is 0 Å². The number of carbonyl (C=O) groups excluding carboxylic acids is 1. The number of hydrogen-bond donors (Lipinski definition) is 2. The Morgan fingerprint density at radius 3 is 2.38 bits per heavy atom. The van der Waals surface area contributed by atoms with Gasteiger partial charge in [0.2, 0.25) is 0 Å². The maximum absolute atomic E-state index is 14.2. The zero-order valence-electron chi connectivity index (χ0n) is 16.2. The molecular weight excluding hydrogens is 397 g/mol. The molecule has 0 amide bonds. The Balaban J connectivity index is 2.35. The number of aliphatic carboxylic acids is 1. The van der Waals surface area contributed by atoms with Crippen LogP contribution in [0.25, 0.3) is 10.9 Å². The standard InChI is InChI=1S/C22H21ClFNO4/c1-4-11(2)19(22(28)29)20-12(3)25(17-10-16(24)18(26)9-15(17)20)21(27)13-5-7-14(23)8-6-13/h5-11,19,26H,4H2,1-3H3,(H,28,29)/t11-,19?/m1/s1. The van der Waals surface area contributed by atoms with Crippen molar-refractivity contribution in [3.63, 3.8) is 0 Å². The van der Waals surface area contributed by atoms with E-state index in [9.17, 15) is 24.2 Å². The van der Waals surface area contributed by atoms with Crippen molar-refractivity contribution >= 4 is 34.4 Å². The minimum atomic E-state index is -1.04. The minimum absolute atomic E-state index is 0.210. The van der Waals surface area contributed by atoms with Crippen LogP contribution in [0.1, 0.15) is 47.8 Å². The van der Waals surface area contributed by atoms with E-state index in [-0.39, 0.29) is 11.4 Å². The van der Waals surface area contributed by atoms with Gasteiger partial charge in [0.05, 0.1) is 11.4 Å². The van der Waals surface area contributed by atoms with E-state index in [0.29, 0.717) is 33.7 Å². The van der Waals surface area contributed by atoms with Gasteiger partial charge in [-0.3, -0.25) is 14.2 Å². The smallest absolute Gasteiger partial charge is 0.311 e. The van der Waals surface area contributed by atoms with Crippen LogP contribution in [0, 0.1) is 18.7 Å². The molecule has 152 valence electrons. The van der Waals surface area contributed by atoms with Gasteiger partial charge in [-0.1, -0.05) is 31.9 Å². The topological polar surface area (TPSA) is 79.5 Å². The van der Waals surface area contributed by atoms with Gasteiger partial charge >= 0.3 is 5.97 Å². The Morgan fingerprint density at radius 2 is 1.83 bits per heavy atom. The SMILES string of the molecule is CC[C@@H](C)C(C(=O)O)c1c(C)n(C(=O)c2ccc(Cl)cc2)c2cc(F)c(O)cc12. The summed E-state index contributed by atoms with van der Waals surface area (Å²) in [4.78, 5) is 25.3. The van der Waals surface area contributed by atoms with Gasteiger partial charge in [0.1, 0.15) is 0 Å². The number of carboxylic acid groups (broad SMARTS) is 1. The molecular formula is C22H21ClFNO4. The highest BCUT2D eigenvalue weighted by atomic mass is 35.5. The fourth-order valence-corrected chi connectivity index (χ4v) is 3.84. The monoisotopic (exact) mass is 417 g/mol. The molecule has 0 fully saturated rings. The molecule has 0 aliphatic carbocycles. The highest BCUT2D eigenvalue weighted by Gasteiger charge is 2.33. The second kappa shape index (κ2) is 7.87. The van der Waals surface area contributed by atoms with Gasteiger partial charge in [0.15, 0.2) is 11.6 Å². The predicted octanol–water partition coefficient (Wildman–Crippen LogP) is 5.35. The number of carbonyl (C=O) groups is 2. The highest BCUT2D eigenvalue weighted by Crippen LogP contribution is 2.39. The Hall–Kier alpha value is -2.86. The van der Waals surface area contributed by atoms with Gasteiger partial charge in [-0.05, 0) is 48.7 Å². The number of hydrogen-bond acceptors (Lipinski definition) is 3. The predicted molar refractivity (Wildman–Crippen MR) is 109 cm³/mol. The van der Waals surface area contributed by atoms with Crippen molar-refractivity contribution in [2.24, 2.45) is 5.92 Å². The minimum Gasteiger partial charge on any atom is -0.505 e. The molecule has 2 aromatic carbocycles. The summed E-state index contributed by atoms with van der Waals surface area (Å²) in [6.07, 6.45) is 0.599. The lowest BCUT2D eigenvalue weighted by Crippen LogP contribution is -2.21. The third-order valence-corrected chi connectivity index (χ3v) is 5.66. The molecule has 0 aliphatic rings. The Labute approximate surface area is 172 Å². The first kappa shape index (κ1) is 20.9. The molecule has 2 N–H and O–H groups in total. The van der Waals surface area contributed by atoms with Gasteiger partial charge < -0.3 is 10.2 Å². The summed E-state index contributed by atoms with van der Waals surface area (Å²) in [5.41, 5.74) is 1.34. The summed E-state index contributed by atoms with van der Waals surface area (Å²) in [7, 11) is 0. The zero-order valence-corrected chi connectivity index (χ0v) is 17.0. The van der Waals surface area contributed by atoms with Crippen LogP contribution in [0.4, 0.5) is 4.39 Å². The summed E-state index contributed by atoms with van der Waals surface area (Å²) >= 11 is 5.90. The van der Waals surface area contributed by atoms with Gasteiger partial charge in [-0.2, -0.15) is 0 Å². The number of halogens is 2. The second-order valence-electron chi connectivity index (χ2n) is 7.17. The van der Waals surface area contributed by atoms with Crippen LogP contribution >= 0.6 is 11.6 Å². The zero-order chi connectivity index (χ0) is 21.5. The van der Waals surface area contributed by atoms with Crippen molar-refractivity contribution in [3.8, 4) is 5.75 Å². The van der Waals surface area contributed by atoms with Crippen molar-refractivity contribution in [2.45, 2.75) is 33.1 Å². The van der Waals surface area contributed by atoms with Crippen LogP contribution in [-0.2, 0) is 4.79 Å². The van der Waals surface area contributed by atoms with Gasteiger partial charge in [-0.25, -0.2) is 4.39 Å². The van der Waals surface area contributed by atoms with E-state index in [2.05, 4.69) is 0 Å². The Morgan fingerprint density at radius 1 is 1.21 bits per heavy atom. The molecule has 1 heterocycles. The maximum atomic E-state index is 14.2. The summed E-state index contributed by atoms with van der Waals surface area (Å²) < 4.78 is 15.5. The number of phenols is 1. The normalized spacial score (nSPS) is 13.4. The van der Waals surface area contributed by atoms with E-state index in [1.807, 2.05) is 13.8 Å². The molecule has 3 rings (SSSR count). The van der Waals surface area contributed by atoms with E-state index in [1.165, 1.54) is 10.6 Å². The number of benzene rings is 2. The Bertz CT molecular complexity index is 1100. The van der Waals surface area contributed by atoms with E-state index in [4.69, 9.17) is 11.6 Å². The number of aromatic hydroxyl groups is 1. The first-order valence-electron chi connectivity index (χ1n) is 9.23. The molecule has 0 spiro atoms. The molecule has 7 heteroatoms. The molecule has 1 unspecified atom stereocenters. The molecule has 3 aromatic rings. The van der Waals surface area contributed by atoms with Crippen molar-refractivity contribution in [1.82, 2.24) is 4.57 Å². The largest absolute Gasteiger partial charge is 0.505 e. The van der Waals surface area contributed by atoms with Crippen molar-refractivity contribution in [1.29, 1.82) is 0 Å². The summed E-state index contributed by atoms with van der Waals surface area (Å²) in [5, 5.41) is 20.6. The lowest BCUT2D eigenvalue weighted by atomic mass is 9.84. The molecule has 5 nitrogen and oxygen atoms in total. The molecule has 0 saturated heterocycles. The summed E-state index contributed by atoms with van der Waals surface area (Å²) in [6.45, 7) is 5.33. The molecule has 2 atom stereocenters. The summed E-state index contributed by atoms with van der Waals surface area (Å²) in [5.74, 6) is -4.10. The molecule has 0 aliphatic heterocycles. The molecule has 0 bridgehead atoms. The van der Waals surface area contributed by atoms with Crippen molar-refractivity contribution in [3.05, 3.63) is 64.1 Å². The van der Waals surface area contributed by atoms with Gasteiger partial charge in [0.25, 0.3) is 5.91 Å². The highest BCUT2D eigenvalue weighted by molar-refractivity contribution is 6.30. The van der Waals surface area contributed by atoms with E-state index in [0.717, 1.165) is 6.07 Å². The van der Waals surface area contributed by atoms with Crippen molar-refractivity contribution < 1.29 is 24.2 Å². The van der Waals surface area contributed by atoms with Crippen molar-refractivity contribution in [2.75, 3.05) is 0 Å². The van der Waals surface area contributed by atoms with E-state index in [1.54, 1.807) is 31.2 Å². The third kappa shape index (κ3) is 3.60. The lowest BCUT2D eigenvalue weighted by Gasteiger charge is -2.20. The average molecular weight is 418 g/mol. The summed E-state index contributed by atoms with van der Waals surface area (Å²) in [6, 6.07) is 8.50. The maximum Gasteiger partial charge on any atom is 0.311 e. The van der Waals surface area contributed by atoms with E-state index >= 15 is 0 Å². The number of fused-ring (bicyclic) bond motifs is 1. The number of phenolic OH excluding ortho intramolecular Hbond substituents is 1. The lowest BCUT2D eigenvalue weighted by molar-refractivity contribution is -0.140. The van der Waals surface area contributed by atoms with Crippen LogP contribution in [0.2, 0.25) is 5.02 Å². The fourth-order valence-electron chi connectivity index (χ4n) is 3.71. The molecule has 29 heavy (non-hydrogen) atoms. The van der Waals surface area contributed by atoms with Crippen LogP contribution in [0.3, 0.4) is 0 Å². The van der Waals surface area contributed by atoms with E-state index < -0.39 is 29.4 Å². The molecule has 0 saturated carbocycles. The first-order chi connectivity index (χ1) is 13.7. The quantitative estimate of drug-likeness (QED) is 0.586. The van der Waals surface area contributed by atoms with Gasteiger partial charge in [-0.15, -0.1) is 0 Å². The molecule has 0 radical (unpaired) electrons. The van der Waals surface area contributed by atoms with Crippen LogP contribution in [0.15, 0.2) is 36.4 Å². The Kier molecular flexibility index (Phi) is 5.66. The van der Waals surface area contributed by atoms with Gasteiger partial charge in [0, 0.05) is 27.7 Å². The average Bonchev–Trinajstić information content (AvgIpc) is 2.93. The second-order valence-corrected chi connectivity index (χ2v) is 7.61. The fraction of sp³-hybridized carbons (Fsp3) is 0.273. The third-order valence-electron chi connectivity index (χ3n) is 5.41. The number of carboxylic acids is 1. The molecule has 1 aromatic heterocycles. The van der Waals surface area contributed by atoms with Crippen LogP contribution in [-0.4, -0.2) is 26.7 Å². The first-order valence-corrected chi connectivity index (χ1v) is 9.61. The number of rotatable bonds is 5. The number of nitrogens with zero attached hydrogens (tertiary/aromatic N) is 1.